The number of anilines is 1. The molecule has 0 aliphatic carbocycles. The topological polar surface area (TPSA) is 49.0 Å². The molecule has 0 radical (unpaired) electrons. The fourth-order valence-corrected chi connectivity index (χ4v) is 1.53. The minimum absolute atomic E-state index is 0.192. The second-order valence-corrected chi connectivity index (χ2v) is 3.08. The number of hydrogen-bond donors (Lipinski definition) is 3. The van der Waals surface area contributed by atoms with Gasteiger partial charge in [-0.05, 0) is 0 Å². The fraction of sp³-hybridized carbons (Fsp3) is 0.500. The van der Waals surface area contributed by atoms with Crippen LogP contribution < -0.4 is 16.0 Å². The van der Waals surface area contributed by atoms with Crippen LogP contribution in [0.3, 0.4) is 0 Å². The Morgan fingerprint density at radius 2 is 2.36 bits per heavy atom. The van der Waals surface area contributed by atoms with Crippen molar-refractivity contribution in [2.45, 2.75) is 6.29 Å². The van der Waals surface area contributed by atoms with Gasteiger partial charge in [0.2, 0.25) is 0 Å². The zero-order valence-electron chi connectivity index (χ0n) is 6.00. The van der Waals surface area contributed by atoms with Crippen LogP contribution in [0, 0.1) is 0 Å². The highest BCUT2D eigenvalue weighted by Crippen LogP contribution is 2.07. The van der Waals surface area contributed by atoms with E-state index in [0.717, 1.165) is 18.9 Å². The van der Waals surface area contributed by atoms with Gasteiger partial charge in [-0.2, -0.15) is 0 Å². The SMILES string of the molecule is c1nc(NC2NCCN2)cs1. The van der Waals surface area contributed by atoms with Crippen LogP contribution in [0.25, 0.3) is 0 Å². The van der Waals surface area contributed by atoms with Crippen molar-refractivity contribution >= 4 is 17.2 Å². The third-order valence-corrected chi connectivity index (χ3v) is 2.13. The van der Waals surface area contributed by atoms with Crippen molar-refractivity contribution < 1.29 is 0 Å². The molecule has 60 valence electrons. The number of nitrogens with zero attached hydrogens (tertiary/aromatic N) is 1. The lowest BCUT2D eigenvalue weighted by molar-refractivity contribution is 0.618. The molecule has 2 rings (SSSR count). The second-order valence-electron chi connectivity index (χ2n) is 2.36. The van der Waals surface area contributed by atoms with Crippen LogP contribution in [-0.2, 0) is 0 Å². The highest BCUT2D eigenvalue weighted by atomic mass is 32.1. The van der Waals surface area contributed by atoms with E-state index in [2.05, 4.69) is 20.9 Å². The summed E-state index contributed by atoms with van der Waals surface area (Å²) in [6.45, 7) is 2.03. The van der Waals surface area contributed by atoms with Crippen LogP contribution in [-0.4, -0.2) is 24.4 Å². The molecule has 1 aliphatic heterocycles. The van der Waals surface area contributed by atoms with Gasteiger partial charge < -0.3 is 5.32 Å². The van der Waals surface area contributed by atoms with Crippen LogP contribution in [0.15, 0.2) is 10.9 Å². The van der Waals surface area contributed by atoms with Crippen LogP contribution in [0.1, 0.15) is 0 Å². The monoisotopic (exact) mass is 170 g/mol. The van der Waals surface area contributed by atoms with Gasteiger partial charge in [-0.25, -0.2) is 4.98 Å². The average Bonchev–Trinajstić information content (AvgIpc) is 2.60. The summed E-state index contributed by atoms with van der Waals surface area (Å²) >= 11 is 1.59. The number of rotatable bonds is 2. The van der Waals surface area contributed by atoms with Crippen molar-refractivity contribution in [3.63, 3.8) is 0 Å². The minimum Gasteiger partial charge on any atom is -0.342 e. The molecule has 1 aliphatic rings. The first-order chi connectivity index (χ1) is 5.45. The van der Waals surface area contributed by atoms with E-state index in [-0.39, 0.29) is 6.29 Å². The third kappa shape index (κ3) is 1.68. The molecule has 0 saturated carbocycles. The van der Waals surface area contributed by atoms with E-state index in [1.807, 2.05) is 10.9 Å². The lowest BCUT2D eigenvalue weighted by Crippen LogP contribution is -2.38. The Balaban J connectivity index is 1.90. The highest BCUT2D eigenvalue weighted by molar-refractivity contribution is 7.07. The summed E-state index contributed by atoms with van der Waals surface area (Å²) in [5.74, 6) is 0.932. The lowest BCUT2D eigenvalue weighted by atomic mass is 10.7. The van der Waals surface area contributed by atoms with Gasteiger partial charge in [0.15, 0.2) is 0 Å². The van der Waals surface area contributed by atoms with Gasteiger partial charge in [-0.15, -0.1) is 11.3 Å². The first-order valence-corrected chi connectivity index (χ1v) is 4.51. The molecule has 0 amide bonds. The molecular weight excluding hydrogens is 160 g/mol. The van der Waals surface area contributed by atoms with Crippen molar-refractivity contribution in [2.24, 2.45) is 0 Å². The van der Waals surface area contributed by atoms with Gasteiger partial charge in [-0.1, -0.05) is 0 Å². The van der Waals surface area contributed by atoms with Crippen LogP contribution >= 0.6 is 11.3 Å². The van der Waals surface area contributed by atoms with E-state index in [9.17, 15) is 0 Å². The molecule has 0 spiro atoms. The summed E-state index contributed by atoms with van der Waals surface area (Å²) < 4.78 is 0. The first-order valence-electron chi connectivity index (χ1n) is 3.57. The smallest absolute Gasteiger partial charge is 0.139 e. The van der Waals surface area contributed by atoms with Crippen molar-refractivity contribution in [1.29, 1.82) is 0 Å². The molecule has 1 aromatic heterocycles. The Morgan fingerprint density at radius 1 is 1.55 bits per heavy atom. The van der Waals surface area contributed by atoms with Gasteiger partial charge in [-0.3, -0.25) is 10.6 Å². The molecule has 1 aromatic rings. The van der Waals surface area contributed by atoms with Crippen LogP contribution in [0.4, 0.5) is 5.82 Å². The molecule has 4 nitrogen and oxygen atoms in total. The molecule has 0 bridgehead atoms. The van der Waals surface area contributed by atoms with Crippen molar-refractivity contribution in [3.8, 4) is 0 Å². The summed E-state index contributed by atoms with van der Waals surface area (Å²) in [6, 6.07) is 0. The zero-order valence-corrected chi connectivity index (χ0v) is 6.82. The Labute approximate surface area is 69.0 Å². The van der Waals surface area contributed by atoms with E-state index in [1.165, 1.54) is 0 Å². The Kier molecular flexibility index (Phi) is 2.02. The van der Waals surface area contributed by atoms with Crippen molar-refractivity contribution in [3.05, 3.63) is 10.9 Å². The number of aromatic nitrogens is 1. The van der Waals surface area contributed by atoms with Crippen molar-refractivity contribution in [2.75, 3.05) is 18.4 Å². The van der Waals surface area contributed by atoms with E-state index in [4.69, 9.17) is 0 Å². The number of nitrogens with one attached hydrogen (secondary N) is 3. The van der Waals surface area contributed by atoms with Crippen LogP contribution in [0.5, 0.6) is 0 Å². The Hall–Kier alpha value is -0.650. The predicted molar refractivity (Wildman–Crippen MR) is 45.5 cm³/mol. The number of hydrogen-bond acceptors (Lipinski definition) is 5. The lowest BCUT2D eigenvalue weighted by Gasteiger charge is -2.11. The summed E-state index contributed by atoms with van der Waals surface area (Å²) in [6.07, 6.45) is 0.192. The molecule has 1 fully saturated rings. The number of thiazole rings is 1. The largest absolute Gasteiger partial charge is 0.342 e. The normalized spacial score (nSPS) is 18.9. The maximum atomic E-state index is 4.11. The molecular formula is C6H10N4S. The van der Waals surface area contributed by atoms with E-state index >= 15 is 0 Å². The van der Waals surface area contributed by atoms with Gasteiger partial charge in [0.05, 0.1) is 5.51 Å². The fourth-order valence-electron chi connectivity index (χ4n) is 1.04. The minimum atomic E-state index is 0.192. The van der Waals surface area contributed by atoms with Gasteiger partial charge in [0, 0.05) is 18.5 Å². The van der Waals surface area contributed by atoms with Gasteiger partial charge in [0.1, 0.15) is 12.1 Å². The summed E-state index contributed by atoms with van der Waals surface area (Å²) in [4.78, 5) is 4.11. The molecule has 2 heterocycles. The summed E-state index contributed by atoms with van der Waals surface area (Å²) in [7, 11) is 0. The third-order valence-electron chi connectivity index (χ3n) is 1.55. The van der Waals surface area contributed by atoms with Gasteiger partial charge in [0.25, 0.3) is 0 Å². The second kappa shape index (κ2) is 3.17. The first kappa shape index (κ1) is 7.02. The summed E-state index contributed by atoms with van der Waals surface area (Å²) in [5, 5.41) is 11.7. The molecule has 0 atom stereocenters. The average molecular weight is 170 g/mol. The standard InChI is InChI=1S/C6H10N4S/c1-2-8-6(7-1)10-5-3-11-4-9-5/h3-4,6-8,10H,1-2H2. The highest BCUT2D eigenvalue weighted by Gasteiger charge is 2.11. The molecule has 11 heavy (non-hydrogen) atoms. The van der Waals surface area contributed by atoms with Gasteiger partial charge >= 0.3 is 0 Å². The Morgan fingerprint density at radius 3 is 3.00 bits per heavy atom. The van der Waals surface area contributed by atoms with E-state index in [1.54, 1.807) is 11.3 Å². The Bertz CT molecular complexity index is 204. The quantitative estimate of drug-likeness (QED) is 0.586. The molecule has 1 saturated heterocycles. The van der Waals surface area contributed by atoms with E-state index < -0.39 is 0 Å². The maximum absolute atomic E-state index is 4.11. The molecule has 0 aromatic carbocycles. The molecule has 0 unspecified atom stereocenters. The predicted octanol–water partition coefficient (Wildman–Crippen LogP) is 0.0314. The van der Waals surface area contributed by atoms with E-state index in [0.29, 0.717) is 0 Å². The summed E-state index contributed by atoms with van der Waals surface area (Å²) in [5.41, 5.74) is 1.82. The van der Waals surface area contributed by atoms with Crippen molar-refractivity contribution in [1.82, 2.24) is 15.6 Å². The molecule has 3 N–H and O–H groups in total. The zero-order chi connectivity index (χ0) is 7.52. The molecule has 5 heteroatoms. The van der Waals surface area contributed by atoms with Crippen LogP contribution in [0.2, 0.25) is 0 Å². The maximum Gasteiger partial charge on any atom is 0.139 e.